The zero-order chi connectivity index (χ0) is 14.6. The monoisotopic (exact) mass is 285 g/mol. The molecule has 0 aliphatic rings. The van der Waals surface area contributed by atoms with Gasteiger partial charge in [-0.3, -0.25) is 14.8 Å². The number of hydrogen-bond donors (Lipinski definition) is 2. The van der Waals surface area contributed by atoms with E-state index in [1.807, 2.05) is 4.72 Å². The van der Waals surface area contributed by atoms with Crippen LogP contribution in [0.1, 0.15) is 13.3 Å². The van der Waals surface area contributed by atoms with Crippen LogP contribution in [0, 0.1) is 21.4 Å². The van der Waals surface area contributed by atoms with Gasteiger partial charge in [-0.1, -0.05) is 13.0 Å². The van der Waals surface area contributed by atoms with Crippen LogP contribution in [-0.2, 0) is 10.0 Å². The van der Waals surface area contributed by atoms with Crippen molar-refractivity contribution in [1.82, 2.24) is 0 Å². The third-order valence-electron chi connectivity index (χ3n) is 2.35. The van der Waals surface area contributed by atoms with Gasteiger partial charge >= 0.3 is 0 Å². The van der Waals surface area contributed by atoms with Gasteiger partial charge in [-0.2, -0.15) is 5.26 Å². The lowest BCUT2D eigenvalue weighted by atomic mass is 10.2. The van der Waals surface area contributed by atoms with Crippen LogP contribution in [0.2, 0.25) is 0 Å². The summed E-state index contributed by atoms with van der Waals surface area (Å²) in [6.07, 6.45) is 0.0211. The molecule has 19 heavy (non-hydrogen) atoms. The number of nitro groups is 1. The van der Waals surface area contributed by atoms with Gasteiger partial charge in [0, 0.05) is 6.07 Å². The molecule has 0 saturated heterocycles. The van der Waals surface area contributed by atoms with Crippen LogP contribution in [-0.4, -0.2) is 23.7 Å². The molecule has 0 heterocycles. The average Bonchev–Trinajstić information content (AvgIpc) is 2.32. The summed E-state index contributed by atoms with van der Waals surface area (Å²) < 4.78 is 25.5. The second-order valence-electron chi connectivity index (χ2n) is 3.60. The molecule has 0 bridgehead atoms. The number of nitriles is 1. The zero-order valence-corrected chi connectivity index (χ0v) is 10.7. The van der Waals surface area contributed by atoms with E-state index in [9.17, 15) is 23.6 Å². The summed E-state index contributed by atoms with van der Waals surface area (Å²) >= 11 is 0. The average molecular weight is 285 g/mol. The first-order chi connectivity index (χ1) is 8.83. The molecule has 1 aromatic rings. The molecule has 0 aliphatic carbocycles. The Morgan fingerprint density at radius 1 is 1.58 bits per heavy atom. The summed E-state index contributed by atoms with van der Waals surface area (Å²) in [5.74, 6) is -0.578. The number of aromatic hydroxyl groups is 1. The van der Waals surface area contributed by atoms with Gasteiger partial charge in [0.15, 0.2) is 10.9 Å². The van der Waals surface area contributed by atoms with Gasteiger partial charge in [0.2, 0.25) is 10.0 Å². The fourth-order valence-corrected chi connectivity index (χ4v) is 2.59. The van der Waals surface area contributed by atoms with Crippen molar-refractivity contribution < 1.29 is 18.4 Å². The molecule has 0 fully saturated rings. The number of nitrogens with zero attached hydrogens (tertiary/aromatic N) is 2. The van der Waals surface area contributed by atoms with Gasteiger partial charge in [0.25, 0.3) is 5.69 Å². The van der Waals surface area contributed by atoms with Crippen LogP contribution in [0.4, 0.5) is 11.4 Å². The highest BCUT2D eigenvalue weighted by molar-refractivity contribution is 7.93. The Hall–Kier alpha value is -2.34. The number of hydrogen-bond acceptors (Lipinski definition) is 6. The van der Waals surface area contributed by atoms with Crippen molar-refractivity contribution in [2.75, 3.05) is 4.72 Å². The van der Waals surface area contributed by atoms with Crippen molar-refractivity contribution in [1.29, 1.82) is 5.26 Å². The van der Waals surface area contributed by atoms with E-state index in [0.29, 0.717) is 0 Å². The summed E-state index contributed by atoms with van der Waals surface area (Å²) in [6.45, 7) is 1.49. The van der Waals surface area contributed by atoms with Gasteiger partial charge in [-0.25, -0.2) is 8.42 Å². The van der Waals surface area contributed by atoms with E-state index in [1.54, 1.807) is 6.07 Å². The SMILES string of the molecule is CCC(C#N)S(=O)(=O)Nc1c(O)cccc1[N+](=O)[O-]. The van der Waals surface area contributed by atoms with E-state index >= 15 is 0 Å². The minimum absolute atomic E-state index is 0.0211. The molecule has 1 atom stereocenters. The highest BCUT2D eigenvalue weighted by Gasteiger charge is 2.28. The lowest BCUT2D eigenvalue weighted by Crippen LogP contribution is -2.26. The predicted molar refractivity (Wildman–Crippen MR) is 67.0 cm³/mol. The molecular formula is C10H11N3O5S. The maximum absolute atomic E-state index is 11.8. The fraction of sp³-hybridized carbons (Fsp3) is 0.300. The van der Waals surface area contributed by atoms with Crippen molar-refractivity contribution >= 4 is 21.4 Å². The third kappa shape index (κ3) is 3.11. The van der Waals surface area contributed by atoms with Gasteiger partial charge in [-0.05, 0) is 12.5 Å². The molecule has 0 radical (unpaired) electrons. The molecule has 0 spiro atoms. The minimum Gasteiger partial charge on any atom is -0.505 e. The quantitative estimate of drug-likeness (QED) is 0.476. The maximum atomic E-state index is 11.8. The fourth-order valence-electron chi connectivity index (χ4n) is 1.38. The Bertz CT molecular complexity index is 635. The normalized spacial score (nSPS) is 12.4. The molecule has 1 aromatic carbocycles. The smallest absolute Gasteiger partial charge is 0.297 e. The first-order valence-corrected chi connectivity index (χ1v) is 6.75. The number of anilines is 1. The lowest BCUT2D eigenvalue weighted by Gasteiger charge is -2.12. The van der Waals surface area contributed by atoms with Crippen molar-refractivity contribution in [2.24, 2.45) is 0 Å². The van der Waals surface area contributed by atoms with Crippen LogP contribution in [0.5, 0.6) is 5.75 Å². The highest BCUT2D eigenvalue weighted by Crippen LogP contribution is 2.34. The van der Waals surface area contributed by atoms with Crippen molar-refractivity contribution in [3.05, 3.63) is 28.3 Å². The zero-order valence-electron chi connectivity index (χ0n) is 9.90. The number of phenolic OH excluding ortho intramolecular Hbond substituents is 1. The maximum Gasteiger partial charge on any atom is 0.297 e. The number of rotatable bonds is 5. The molecule has 102 valence electrons. The largest absolute Gasteiger partial charge is 0.505 e. The summed E-state index contributed by atoms with van der Waals surface area (Å²) in [5, 5.41) is 27.6. The molecule has 9 heteroatoms. The number of benzene rings is 1. The molecule has 0 aromatic heterocycles. The van der Waals surface area contributed by atoms with Gasteiger partial charge < -0.3 is 5.11 Å². The lowest BCUT2D eigenvalue weighted by molar-refractivity contribution is -0.383. The minimum atomic E-state index is -4.13. The Morgan fingerprint density at radius 3 is 2.68 bits per heavy atom. The van der Waals surface area contributed by atoms with E-state index in [1.165, 1.54) is 13.0 Å². The second-order valence-corrected chi connectivity index (χ2v) is 5.46. The molecular weight excluding hydrogens is 274 g/mol. The van der Waals surface area contributed by atoms with Crippen molar-refractivity contribution in [3.63, 3.8) is 0 Å². The van der Waals surface area contributed by atoms with E-state index in [4.69, 9.17) is 5.26 Å². The number of nitro benzene ring substituents is 1. The number of para-hydroxylation sites is 1. The molecule has 1 unspecified atom stereocenters. The van der Waals surface area contributed by atoms with E-state index in [0.717, 1.165) is 12.1 Å². The third-order valence-corrected chi connectivity index (χ3v) is 4.03. The van der Waals surface area contributed by atoms with Crippen LogP contribution in [0.15, 0.2) is 18.2 Å². The Balaban J connectivity index is 3.28. The summed E-state index contributed by atoms with van der Waals surface area (Å²) in [4.78, 5) is 9.93. The topological polar surface area (TPSA) is 133 Å². The van der Waals surface area contributed by atoms with Crippen LogP contribution in [0.3, 0.4) is 0 Å². The van der Waals surface area contributed by atoms with Crippen molar-refractivity contribution in [3.8, 4) is 11.8 Å². The molecule has 1 rings (SSSR count). The van der Waals surface area contributed by atoms with Crippen LogP contribution >= 0.6 is 0 Å². The summed E-state index contributed by atoms with van der Waals surface area (Å²) in [6, 6.07) is 4.95. The van der Waals surface area contributed by atoms with E-state index < -0.39 is 37.3 Å². The first kappa shape index (κ1) is 14.7. The number of phenols is 1. The van der Waals surface area contributed by atoms with E-state index in [-0.39, 0.29) is 6.42 Å². The molecule has 0 saturated carbocycles. The Kier molecular flexibility index (Phi) is 4.29. The Morgan fingerprint density at radius 2 is 2.21 bits per heavy atom. The standard InChI is InChI=1S/C10H11N3O5S/c1-2-7(6-11)19(17,18)12-10-8(13(15)16)4-3-5-9(10)14/h3-5,7,12,14H,2H2,1H3. The van der Waals surface area contributed by atoms with Crippen molar-refractivity contribution in [2.45, 2.75) is 18.6 Å². The summed E-state index contributed by atoms with van der Waals surface area (Å²) in [7, 11) is -4.13. The molecule has 8 nitrogen and oxygen atoms in total. The van der Waals surface area contributed by atoms with Crippen LogP contribution < -0.4 is 4.72 Å². The van der Waals surface area contributed by atoms with Gasteiger partial charge in [0.1, 0.15) is 5.75 Å². The molecule has 2 N–H and O–H groups in total. The number of sulfonamides is 1. The predicted octanol–water partition coefficient (Wildman–Crippen LogP) is 1.34. The van der Waals surface area contributed by atoms with Crippen LogP contribution in [0.25, 0.3) is 0 Å². The van der Waals surface area contributed by atoms with Gasteiger partial charge in [0.05, 0.1) is 11.0 Å². The molecule has 0 aliphatic heterocycles. The Labute approximate surface area is 109 Å². The number of nitrogens with one attached hydrogen (secondary N) is 1. The van der Waals surface area contributed by atoms with Gasteiger partial charge in [-0.15, -0.1) is 0 Å². The highest BCUT2D eigenvalue weighted by atomic mass is 32.2. The second kappa shape index (κ2) is 5.53. The summed E-state index contributed by atoms with van der Waals surface area (Å²) in [5.41, 5.74) is -1.13. The van der Waals surface area contributed by atoms with E-state index in [2.05, 4.69) is 0 Å². The first-order valence-electron chi connectivity index (χ1n) is 5.21. The molecule has 0 amide bonds.